The number of hydrogen-bond acceptors (Lipinski definition) is 3. The van der Waals surface area contributed by atoms with Crippen molar-refractivity contribution in [2.24, 2.45) is 5.73 Å². The van der Waals surface area contributed by atoms with Crippen LogP contribution in [0.4, 0.5) is 0 Å². The second kappa shape index (κ2) is 4.61. The average Bonchev–Trinajstić information content (AvgIpc) is 2.28. The zero-order valence-corrected chi connectivity index (χ0v) is 9.37. The first-order chi connectivity index (χ1) is 7.66. The van der Waals surface area contributed by atoms with Gasteiger partial charge in [-0.3, -0.25) is 4.79 Å². The van der Waals surface area contributed by atoms with E-state index in [0.29, 0.717) is 25.4 Å². The predicted molar refractivity (Wildman–Crippen MR) is 60.0 cm³/mol. The molecule has 4 nitrogen and oxygen atoms in total. The number of fused-ring (bicyclic) bond motifs is 1. The van der Waals surface area contributed by atoms with Gasteiger partial charge in [-0.05, 0) is 24.1 Å². The summed E-state index contributed by atoms with van der Waals surface area (Å²) in [5, 5.41) is -0.692. The summed E-state index contributed by atoms with van der Waals surface area (Å²) in [7, 11) is 0. The Labute approximate surface area is 98.3 Å². The highest BCUT2D eigenvalue weighted by atomic mass is 35.5. The molecule has 1 amide bonds. The summed E-state index contributed by atoms with van der Waals surface area (Å²) in [6.07, 6.45) is 0.396. The van der Waals surface area contributed by atoms with Crippen molar-refractivity contribution in [1.29, 1.82) is 0 Å². The van der Waals surface area contributed by atoms with Crippen LogP contribution in [0.5, 0.6) is 11.5 Å². The molecule has 2 N–H and O–H groups in total. The molecular formula is C11H12ClNO3. The first kappa shape index (κ1) is 11.1. The number of carbonyl (C=O) groups excluding carboxylic acids is 1. The van der Waals surface area contributed by atoms with Crippen molar-refractivity contribution >= 4 is 17.5 Å². The number of nitrogens with two attached hydrogens (primary N) is 1. The summed E-state index contributed by atoms with van der Waals surface area (Å²) in [5.41, 5.74) is 6.00. The van der Waals surface area contributed by atoms with E-state index in [4.69, 9.17) is 26.8 Å². The maximum atomic E-state index is 10.8. The van der Waals surface area contributed by atoms with E-state index >= 15 is 0 Å². The van der Waals surface area contributed by atoms with Gasteiger partial charge in [-0.2, -0.15) is 0 Å². The molecule has 1 aromatic carbocycles. The Kier molecular flexibility index (Phi) is 3.19. The van der Waals surface area contributed by atoms with Gasteiger partial charge in [0.25, 0.3) is 0 Å². The van der Waals surface area contributed by atoms with Gasteiger partial charge in [0.1, 0.15) is 18.6 Å². The van der Waals surface area contributed by atoms with E-state index in [9.17, 15) is 4.79 Å². The molecule has 1 aliphatic heterocycles. The van der Waals surface area contributed by atoms with E-state index < -0.39 is 11.3 Å². The van der Waals surface area contributed by atoms with E-state index in [0.717, 1.165) is 11.3 Å². The van der Waals surface area contributed by atoms with Crippen LogP contribution in [0, 0.1) is 0 Å². The van der Waals surface area contributed by atoms with Crippen LogP contribution in [0.1, 0.15) is 5.56 Å². The van der Waals surface area contributed by atoms with E-state index in [1.807, 2.05) is 18.2 Å². The SMILES string of the molecule is NC(=O)C(Cl)Cc1ccc2c(c1)OCCO2. The van der Waals surface area contributed by atoms with E-state index in [1.54, 1.807) is 0 Å². The quantitative estimate of drug-likeness (QED) is 0.806. The molecule has 5 heteroatoms. The first-order valence-corrected chi connectivity index (χ1v) is 5.42. The summed E-state index contributed by atoms with van der Waals surface area (Å²) in [4.78, 5) is 10.8. The highest BCUT2D eigenvalue weighted by Crippen LogP contribution is 2.31. The minimum absolute atomic E-state index is 0.396. The third kappa shape index (κ3) is 2.39. The molecular weight excluding hydrogens is 230 g/mol. The van der Waals surface area contributed by atoms with Crippen LogP contribution >= 0.6 is 11.6 Å². The normalized spacial score (nSPS) is 15.6. The highest BCUT2D eigenvalue weighted by Gasteiger charge is 2.15. The molecule has 0 radical (unpaired) electrons. The topological polar surface area (TPSA) is 61.6 Å². The highest BCUT2D eigenvalue weighted by molar-refractivity contribution is 6.30. The molecule has 1 aliphatic rings. The van der Waals surface area contributed by atoms with Crippen LogP contribution in [0.15, 0.2) is 18.2 Å². The van der Waals surface area contributed by atoms with Crippen molar-refractivity contribution in [1.82, 2.24) is 0 Å². The number of alkyl halides is 1. The van der Waals surface area contributed by atoms with Crippen molar-refractivity contribution in [2.45, 2.75) is 11.8 Å². The summed E-state index contributed by atoms with van der Waals surface area (Å²) >= 11 is 5.79. The van der Waals surface area contributed by atoms with Gasteiger partial charge in [0.2, 0.25) is 5.91 Å². The maximum absolute atomic E-state index is 10.8. The number of ether oxygens (including phenoxy) is 2. The molecule has 0 spiro atoms. The smallest absolute Gasteiger partial charge is 0.235 e. The van der Waals surface area contributed by atoms with E-state index in [-0.39, 0.29) is 0 Å². The van der Waals surface area contributed by atoms with Crippen molar-refractivity contribution in [3.8, 4) is 11.5 Å². The largest absolute Gasteiger partial charge is 0.486 e. The zero-order valence-electron chi connectivity index (χ0n) is 8.61. The minimum atomic E-state index is -0.692. The lowest BCUT2D eigenvalue weighted by Gasteiger charge is -2.19. The molecule has 0 fully saturated rings. The molecule has 1 atom stereocenters. The number of benzene rings is 1. The van der Waals surface area contributed by atoms with Crippen molar-refractivity contribution < 1.29 is 14.3 Å². The Balaban J connectivity index is 2.14. The maximum Gasteiger partial charge on any atom is 0.235 e. The van der Waals surface area contributed by atoms with Gasteiger partial charge in [0.15, 0.2) is 11.5 Å². The molecule has 0 bridgehead atoms. The molecule has 0 saturated carbocycles. The monoisotopic (exact) mass is 241 g/mol. The molecule has 1 unspecified atom stereocenters. The lowest BCUT2D eigenvalue weighted by Crippen LogP contribution is -2.25. The molecule has 0 aliphatic carbocycles. The summed E-state index contributed by atoms with van der Waals surface area (Å²) in [6.45, 7) is 1.10. The zero-order chi connectivity index (χ0) is 11.5. The van der Waals surface area contributed by atoms with Crippen LogP contribution in [0.25, 0.3) is 0 Å². The molecule has 1 aromatic rings. The fourth-order valence-corrected chi connectivity index (χ4v) is 1.70. The molecule has 16 heavy (non-hydrogen) atoms. The Morgan fingerprint density at radius 1 is 1.38 bits per heavy atom. The average molecular weight is 242 g/mol. The molecule has 86 valence electrons. The van der Waals surface area contributed by atoms with Gasteiger partial charge < -0.3 is 15.2 Å². The van der Waals surface area contributed by atoms with Crippen molar-refractivity contribution in [2.75, 3.05) is 13.2 Å². The number of halogens is 1. The lowest BCUT2D eigenvalue weighted by molar-refractivity contribution is -0.117. The third-order valence-corrected chi connectivity index (χ3v) is 2.70. The van der Waals surface area contributed by atoms with E-state index in [1.165, 1.54) is 0 Å². The Morgan fingerprint density at radius 2 is 2.06 bits per heavy atom. The van der Waals surface area contributed by atoms with Gasteiger partial charge in [0, 0.05) is 0 Å². The Morgan fingerprint density at radius 3 is 2.75 bits per heavy atom. The Bertz CT molecular complexity index is 408. The summed E-state index contributed by atoms with van der Waals surface area (Å²) < 4.78 is 10.8. The molecule has 1 heterocycles. The fourth-order valence-electron chi connectivity index (χ4n) is 1.52. The third-order valence-electron chi connectivity index (χ3n) is 2.33. The van der Waals surface area contributed by atoms with E-state index in [2.05, 4.69) is 0 Å². The van der Waals surface area contributed by atoms with Crippen LogP contribution in [0.3, 0.4) is 0 Å². The summed E-state index contributed by atoms with van der Waals surface area (Å²) in [5.74, 6) is 0.897. The van der Waals surface area contributed by atoms with Gasteiger partial charge in [-0.1, -0.05) is 6.07 Å². The van der Waals surface area contributed by atoms with Gasteiger partial charge in [0.05, 0.1) is 0 Å². The standard InChI is InChI=1S/C11H12ClNO3/c12-8(11(13)14)5-7-1-2-9-10(6-7)16-4-3-15-9/h1-2,6,8H,3-5H2,(H2,13,14). The van der Waals surface area contributed by atoms with Gasteiger partial charge in [-0.15, -0.1) is 11.6 Å². The van der Waals surface area contributed by atoms with Crippen LogP contribution in [-0.2, 0) is 11.2 Å². The fraction of sp³-hybridized carbons (Fsp3) is 0.364. The predicted octanol–water partition coefficient (Wildman–Crippen LogP) is 1.09. The second-order valence-electron chi connectivity index (χ2n) is 3.55. The first-order valence-electron chi connectivity index (χ1n) is 4.99. The van der Waals surface area contributed by atoms with Gasteiger partial charge in [-0.25, -0.2) is 0 Å². The van der Waals surface area contributed by atoms with Crippen LogP contribution in [0.2, 0.25) is 0 Å². The number of hydrogen-bond donors (Lipinski definition) is 1. The number of primary amides is 1. The number of carbonyl (C=O) groups is 1. The molecule has 0 aromatic heterocycles. The Hall–Kier alpha value is -1.42. The van der Waals surface area contributed by atoms with Crippen LogP contribution < -0.4 is 15.2 Å². The second-order valence-corrected chi connectivity index (χ2v) is 4.08. The van der Waals surface area contributed by atoms with Crippen molar-refractivity contribution in [3.05, 3.63) is 23.8 Å². The number of rotatable bonds is 3. The molecule has 2 rings (SSSR count). The van der Waals surface area contributed by atoms with Crippen molar-refractivity contribution in [3.63, 3.8) is 0 Å². The lowest BCUT2D eigenvalue weighted by atomic mass is 10.1. The van der Waals surface area contributed by atoms with Crippen LogP contribution in [-0.4, -0.2) is 24.5 Å². The summed E-state index contributed by atoms with van der Waals surface area (Å²) in [6, 6.07) is 5.49. The number of amides is 1. The molecule has 0 saturated heterocycles. The minimum Gasteiger partial charge on any atom is -0.486 e. The van der Waals surface area contributed by atoms with Gasteiger partial charge >= 0.3 is 0 Å².